The van der Waals surface area contributed by atoms with E-state index in [9.17, 15) is 4.79 Å². The fourth-order valence-electron chi connectivity index (χ4n) is 1.12. The van der Waals surface area contributed by atoms with Crippen molar-refractivity contribution in [3.05, 3.63) is 0 Å². The van der Waals surface area contributed by atoms with Gasteiger partial charge in [-0.1, -0.05) is 20.8 Å². The highest BCUT2D eigenvalue weighted by Gasteiger charge is 2.28. The van der Waals surface area contributed by atoms with E-state index in [0.29, 0.717) is 6.61 Å². The lowest BCUT2D eigenvalue weighted by Gasteiger charge is -2.31. The first-order valence-electron chi connectivity index (χ1n) is 5.54. The number of amides is 1. The van der Waals surface area contributed by atoms with Crippen molar-refractivity contribution in [3.63, 3.8) is 0 Å². The van der Waals surface area contributed by atoms with E-state index in [1.54, 1.807) is 7.11 Å². The number of rotatable bonds is 3. The lowest BCUT2D eigenvalue weighted by molar-refractivity contribution is 0.0388. The summed E-state index contributed by atoms with van der Waals surface area (Å²) in [7, 11) is 1.62. The molecule has 0 aliphatic heterocycles. The maximum absolute atomic E-state index is 11.6. The third-order valence-electron chi connectivity index (χ3n) is 2.07. The molecule has 0 aromatic carbocycles. The van der Waals surface area contributed by atoms with Crippen molar-refractivity contribution in [2.75, 3.05) is 13.7 Å². The molecule has 0 spiro atoms. The van der Waals surface area contributed by atoms with Crippen molar-refractivity contribution in [1.82, 2.24) is 5.32 Å². The highest BCUT2D eigenvalue weighted by atomic mass is 16.6. The molecule has 0 aromatic heterocycles. The monoisotopic (exact) mass is 231 g/mol. The van der Waals surface area contributed by atoms with Crippen molar-refractivity contribution in [1.29, 1.82) is 0 Å². The number of methoxy groups -OCH3 is 1. The lowest BCUT2D eigenvalue weighted by Crippen LogP contribution is -2.48. The minimum atomic E-state index is -0.473. The fourth-order valence-corrected chi connectivity index (χ4v) is 1.12. The second kappa shape index (κ2) is 5.53. The van der Waals surface area contributed by atoms with Crippen LogP contribution in [0, 0.1) is 5.41 Å². The molecule has 1 N–H and O–H groups in total. The Morgan fingerprint density at radius 1 is 1.19 bits per heavy atom. The molecule has 0 saturated carbocycles. The maximum Gasteiger partial charge on any atom is 0.407 e. The van der Waals surface area contributed by atoms with Crippen LogP contribution in [0.1, 0.15) is 41.5 Å². The zero-order chi connectivity index (χ0) is 13.0. The van der Waals surface area contributed by atoms with E-state index in [1.807, 2.05) is 41.5 Å². The Bertz CT molecular complexity index is 225. The highest BCUT2D eigenvalue weighted by Crippen LogP contribution is 2.20. The van der Waals surface area contributed by atoms with Gasteiger partial charge in [0.2, 0.25) is 0 Å². The lowest BCUT2D eigenvalue weighted by atomic mass is 9.87. The summed E-state index contributed by atoms with van der Waals surface area (Å²) in [6.07, 6.45) is -0.399. The molecule has 0 radical (unpaired) electrons. The molecule has 1 atom stereocenters. The van der Waals surface area contributed by atoms with E-state index in [1.165, 1.54) is 0 Å². The first kappa shape index (κ1) is 15.2. The van der Waals surface area contributed by atoms with E-state index < -0.39 is 11.7 Å². The summed E-state index contributed by atoms with van der Waals surface area (Å²) in [5.74, 6) is 0. The van der Waals surface area contributed by atoms with Gasteiger partial charge >= 0.3 is 6.09 Å². The molecule has 0 fully saturated rings. The zero-order valence-electron chi connectivity index (χ0n) is 11.5. The van der Waals surface area contributed by atoms with Gasteiger partial charge in [0.25, 0.3) is 0 Å². The Hall–Kier alpha value is -0.770. The molecule has 0 unspecified atom stereocenters. The van der Waals surface area contributed by atoms with Gasteiger partial charge < -0.3 is 14.8 Å². The van der Waals surface area contributed by atoms with Crippen molar-refractivity contribution in [2.45, 2.75) is 53.2 Å². The third kappa shape index (κ3) is 6.67. The summed E-state index contributed by atoms with van der Waals surface area (Å²) in [4.78, 5) is 11.6. The molecule has 16 heavy (non-hydrogen) atoms. The van der Waals surface area contributed by atoms with Gasteiger partial charge in [-0.3, -0.25) is 0 Å². The second-order valence-electron chi connectivity index (χ2n) is 6.02. The number of nitrogens with one attached hydrogen (secondary N) is 1. The van der Waals surface area contributed by atoms with Crippen LogP contribution >= 0.6 is 0 Å². The van der Waals surface area contributed by atoms with Gasteiger partial charge in [0.1, 0.15) is 5.60 Å². The molecule has 0 aromatic rings. The van der Waals surface area contributed by atoms with Crippen LogP contribution in [0.15, 0.2) is 0 Å². The van der Waals surface area contributed by atoms with Gasteiger partial charge in [0.05, 0.1) is 12.6 Å². The van der Waals surface area contributed by atoms with Crippen molar-refractivity contribution >= 4 is 6.09 Å². The number of ether oxygens (including phenoxy) is 2. The standard InChI is InChI=1S/C12H25NO3/c1-11(2,3)9(8-15-7)13-10(14)16-12(4,5)6/h9H,8H2,1-7H3,(H,13,14)/t9-/m1/s1. The van der Waals surface area contributed by atoms with Gasteiger partial charge in [-0.05, 0) is 26.2 Å². The van der Waals surface area contributed by atoms with Gasteiger partial charge in [-0.25, -0.2) is 4.79 Å². The molecule has 1 amide bonds. The molecule has 0 rings (SSSR count). The Morgan fingerprint density at radius 2 is 1.69 bits per heavy atom. The van der Waals surface area contributed by atoms with Crippen molar-refractivity contribution in [2.24, 2.45) is 5.41 Å². The largest absolute Gasteiger partial charge is 0.444 e. The second-order valence-corrected chi connectivity index (χ2v) is 6.02. The highest BCUT2D eigenvalue weighted by molar-refractivity contribution is 5.68. The number of carbonyl (C=O) groups is 1. The Kier molecular flexibility index (Phi) is 5.26. The molecule has 0 bridgehead atoms. The first-order chi connectivity index (χ1) is 7.06. The van der Waals surface area contributed by atoms with E-state index in [-0.39, 0.29) is 11.5 Å². The maximum atomic E-state index is 11.6. The third-order valence-corrected chi connectivity index (χ3v) is 2.07. The number of hydrogen-bond donors (Lipinski definition) is 1. The topological polar surface area (TPSA) is 47.6 Å². The number of hydrogen-bond acceptors (Lipinski definition) is 3. The van der Waals surface area contributed by atoms with Crippen LogP contribution in [0.4, 0.5) is 4.79 Å². The van der Waals surface area contributed by atoms with Crippen LogP contribution in [-0.4, -0.2) is 31.5 Å². The van der Waals surface area contributed by atoms with E-state index in [2.05, 4.69) is 5.32 Å². The van der Waals surface area contributed by atoms with Gasteiger partial charge in [0.15, 0.2) is 0 Å². The minimum absolute atomic E-state index is 0.0626. The molecule has 0 aliphatic rings. The molecule has 4 nitrogen and oxygen atoms in total. The summed E-state index contributed by atoms with van der Waals surface area (Å²) in [6, 6.07) is -0.0626. The predicted octanol–water partition coefficient (Wildman–Crippen LogP) is 2.57. The Labute approximate surface area is 98.7 Å². The van der Waals surface area contributed by atoms with E-state index in [4.69, 9.17) is 9.47 Å². The van der Waals surface area contributed by atoms with Crippen molar-refractivity contribution < 1.29 is 14.3 Å². The zero-order valence-corrected chi connectivity index (χ0v) is 11.5. The molecule has 0 aliphatic carbocycles. The van der Waals surface area contributed by atoms with Crippen LogP contribution in [0.25, 0.3) is 0 Å². The van der Waals surface area contributed by atoms with Crippen LogP contribution in [0.5, 0.6) is 0 Å². The first-order valence-corrected chi connectivity index (χ1v) is 5.54. The summed E-state index contributed by atoms with van der Waals surface area (Å²) in [5.41, 5.74) is -0.535. The Morgan fingerprint density at radius 3 is 2.00 bits per heavy atom. The average Bonchev–Trinajstić information content (AvgIpc) is 1.97. The number of carbonyl (C=O) groups excluding carboxylic acids is 1. The molecule has 4 heteroatoms. The molecule has 0 heterocycles. The van der Waals surface area contributed by atoms with Crippen molar-refractivity contribution in [3.8, 4) is 0 Å². The van der Waals surface area contributed by atoms with Gasteiger partial charge in [-0.2, -0.15) is 0 Å². The van der Waals surface area contributed by atoms with Crippen LogP contribution < -0.4 is 5.32 Å². The predicted molar refractivity (Wildman–Crippen MR) is 64.5 cm³/mol. The molecule has 0 saturated heterocycles. The Balaban J connectivity index is 4.36. The summed E-state index contributed by atoms with van der Waals surface area (Å²) in [5, 5.41) is 2.83. The summed E-state index contributed by atoms with van der Waals surface area (Å²) in [6.45, 7) is 12.2. The summed E-state index contributed by atoms with van der Waals surface area (Å²) < 4.78 is 10.3. The normalized spacial score (nSPS) is 14.4. The molecule has 96 valence electrons. The van der Waals surface area contributed by atoms with Crippen LogP contribution in [0.3, 0.4) is 0 Å². The average molecular weight is 231 g/mol. The smallest absolute Gasteiger partial charge is 0.407 e. The minimum Gasteiger partial charge on any atom is -0.444 e. The van der Waals surface area contributed by atoms with Crippen LogP contribution in [0.2, 0.25) is 0 Å². The van der Waals surface area contributed by atoms with Crippen LogP contribution in [-0.2, 0) is 9.47 Å². The fraction of sp³-hybridized carbons (Fsp3) is 0.917. The number of alkyl carbamates (subject to hydrolysis) is 1. The van der Waals surface area contributed by atoms with Gasteiger partial charge in [-0.15, -0.1) is 0 Å². The van der Waals surface area contributed by atoms with E-state index >= 15 is 0 Å². The quantitative estimate of drug-likeness (QED) is 0.812. The molecular weight excluding hydrogens is 206 g/mol. The SMILES string of the molecule is COC[C@@H](NC(=O)OC(C)(C)C)C(C)(C)C. The van der Waals surface area contributed by atoms with E-state index in [0.717, 1.165) is 0 Å². The summed E-state index contributed by atoms with van der Waals surface area (Å²) >= 11 is 0. The van der Waals surface area contributed by atoms with Gasteiger partial charge in [0, 0.05) is 7.11 Å². The molecular formula is C12H25NO3.